The lowest BCUT2D eigenvalue weighted by molar-refractivity contribution is -0.113. The van der Waals surface area contributed by atoms with Crippen LogP contribution in [0, 0.1) is 0 Å². The standard InChI is InChI=1S/C4H4N2.C3H5NO/c1-2-5-4-6-3-1;1-2-3(4)5/h1-4H;2H,1H2,(H2,4,5). The van der Waals surface area contributed by atoms with Gasteiger partial charge in [-0.15, -0.1) is 0 Å². The number of nitrogens with two attached hydrogens (primary N) is 1. The number of hydrogen-bond donors (Lipinski definition) is 1. The fraction of sp³-hybridized carbons (Fsp3) is 0. The molecule has 11 heavy (non-hydrogen) atoms. The molecule has 2 N–H and O–H groups in total. The number of aromatic nitrogens is 2. The van der Waals surface area contributed by atoms with Crippen molar-refractivity contribution in [2.24, 2.45) is 5.73 Å². The van der Waals surface area contributed by atoms with Gasteiger partial charge in [-0.3, -0.25) is 4.79 Å². The first kappa shape index (κ1) is 9.29. The number of nitrogens with zero attached hydrogens (tertiary/aromatic N) is 2. The van der Waals surface area contributed by atoms with Gasteiger partial charge in [0.2, 0.25) is 5.91 Å². The minimum Gasteiger partial charge on any atom is -0.366 e. The topological polar surface area (TPSA) is 68.9 Å². The maximum absolute atomic E-state index is 9.47. The highest BCUT2D eigenvalue weighted by atomic mass is 16.1. The van der Waals surface area contributed by atoms with Gasteiger partial charge in [0.15, 0.2) is 0 Å². The Kier molecular flexibility index (Phi) is 5.41. The summed E-state index contributed by atoms with van der Waals surface area (Å²) < 4.78 is 0. The Labute approximate surface area is 64.8 Å². The Morgan fingerprint density at radius 1 is 1.45 bits per heavy atom. The Bertz CT molecular complexity index is 183. The van der Waals surface area contributed by atoms with Crippen LogP contribution >= 0.6 is 0 Å². The second-order valence-electron chi connectivity index (χ2n) is 1.51. The van der Waals surface area contributed by atoms with Gasteiger partial charge < -0.3 is 5.73 Å². The Balaban J connectivity index is 0.000000187. The summed E-state index contributed by atoms with van der Waals surface area (Å²) in [6.45, 7) is 3.09. The van der Waals surface area contributed by atoms with E-state index in [1.165, 1.54) is 6.33 Å². The van der Waals surface area contributed by atoms with Crippen molar-refractivity contribution in [2.45, 2.75) is 0 Å². The van der Waals surface area contributed by atoms with Crippen LogP contribution in [0.2, 0.25) is 0 Å². The molecule has 0 fully saturated rings. The molecule has 0 radical (unpaired) electrons. The number of amides is 1. The molecule has 0 spiro atoms. The summed E-state index contributed by atoms with van der Waals surface area (Å²) in [5, 5.41) is 0. The zero-order chi connectivity index (χ0) is 8.53. The highest BCUT2D eigenvalue weighted by molar-refractivity contribution is 5.84. The Hall–Kier alpha value is -1.71. The van der Waals surface area contributed by atoms with Gasteiger partial charge in [-0.1, -0.05) is 6.58 Å². The molecule has 0 saturated heterocycles. The van der Waals surface area contributed by atoms with Crippen LogP contribution in [0.1, 0.15) is 0 Å². The Morgan fingerprint density at radius 3 is 2.00 bits per heavy atom. The maximum atomic E-state index is 9.47. The summed E-state index contributed by atoms with van der Waals surface area (Å²) in [6, 6.07) is 1.78. The molecule has 1 amide bonds. The van der Waals surface area contributed by atoms with Gasteiger partial charge >= 0.3 is 0 Å². The van der Waals surface area contributed by atoms with Crippen LogP contribution in [0.3, 0.4) is 0 Å². The van der Waals surface area contributed by atoms with Crippen LogP contribution in [-0.4, -0.2) is 15.9 Å². The highest BCUT2D eigenvalue weighted by Crippen LogP contribution is 1.66. The van der Waals surface area contributed by atoms with E-state index in [1.54, 1.807) is 18.5 Å². The van der Waals surface area contributed by atoms with Gasteiger partial charge in [0, 0.05) is 12.4 Å². The Morgan fingerprint density at radius 2 is 1.91 bits per heavy atom. The lowest BCUT2D eigenvalue weighted by atomic mass is 10.6. The van der Waals surface area contributed by atoms with Crippen LogP contribution in [0.15, 0.2) is 37.4 Å². The molecule has 58 valence electrons. The van der Waals surface area contributed by atoms with Crippen LogP contribution in [-0.2, 0) is 4.79 Å². The molecule has 0 aliphatic heterocycles. The fourth-order valence-corrected chi connectivity index (χ4v) is 0.253. The summed E-state index contributed by atoms with van der Waals surface area (Å²) in [5.41, 5.74) is 4.53. The van der Waals surface area contributed by atoms with Crippen LogP contribution in [0.4, 0.5) is 0 Å². The summed E-state index contributed by atoms with van der Waals surface area (Å²) in [6.07, 6.45) is 5.93. The van der Waals surface area contributed by atoms with E-state index in [4.69, 9.17) is 0 Å². The third kappa shape index (κ3) is 8.29. The third-order valence-electron chi connectivity index (χ3n) is 0.679. The molecule has 4 nitrogen and oxygen atoms in total. The van der Waals surface area contributed by atoms with Crippen molar-refractivity contribution < 1.29 is 4.79 Å². The van der Waals surface area contributed by atoms with E-state index in [0.29, 0.717) is 0 Å². The number of carbonyl (C=O) groups is 1. The number of rotatable bonds is 1. The van der Waals surface area contributed by atoms with E-state index >= 15 is 0 Å². The zero-order valence-corrected chi connectivity index (χ0v) is 5.97. The van der Waals surface area contributed by atoms with Crippen LogP contribution in [0.25, 0.3) is 0 Å². The predicted octanol–water partition coefficient (Wildman–Crippen LogP) is 0.134. The summed E-state index contributed by atoms with van der Waals surface area (Å²) in [4.78, 5) is 16.8. The van der Waals surface area contributed by atoms with E-state index in [1.807, 2.05) is 0 Å². The van der Waals surface area contributed by atoms with Crippen molar-refractivity contribution in [3.05, 3.63) is 37.4 Å². The zero-order valence-electron chi connectivity index (χ0n) is 5.97. The average molecular weight is 151 g/mol. The van der Waals surface area contributed by atoms with Gasteiger partial charge in [0.1, 0.15) is 6.33 Å². The van der Waals surface area contributed by atoms with Gasteiger partial charge in [0.05, 0.1) is 0 Å². The van der Waals surface area contributed by atoms with Crippen molar-refractivity contribution in [3.63, 3.8) is 0 Å². The van der Waals surface area contributed by atoms with Crippen molar-refractivity contribution in [1.82, 2.24) is 9.97 Å². The minimum absolute atomic E-state index is 0.481. The molecular weight excluding hydrogens is 142 g/mol. The molecule has 0 bridgehead atoms. The molecule has 1 aromatic rings. The quantitative estimate of drug-likeness (QED) is 0.580. The first-order valence-corrected chi connectivity index (χ1v) is 2.89. The fourth-order valence-electron chi connectivity index (χ4n) is 0.253. The minimum atomic E-state index is -0.481. The molecule has 0 atom stereocenters. The number of carbonyl (C=O) groups excluding carboxylic acids is 1. The van der Waals surface area contributed by atoms with E-state index in [2.05, 4.69) is 22.3 Å². The summed E-state index contributed by atoms with van der Waals surface area (Å²) >= 11 is 0. The number of hydrogen-bond acceptors (Lipinski definition) is 3. The molecule has 0 unspecified atom stereocenters. The van der Waals surface area contributed by atoms with E-state index in [9.17, 15) is 4.79 Å². The molecule has 1 heterocycles. The molecule has 0 saturated carbocycles. The van der Waals surface area contributed by atoms with Crippen molar-refractivity contribution in [3.8, 4) is 0 Å². The summed E-state index contributed by atoms with van der Waals surface area (Å²) in [5.74, 6) is -0.481. The normalized spacial score (nSPS) is 7.27. The first-order valence-electron chi connectivity index (χ1n) is 2.89. The van der Waals surface area contributed by atoms with Crippen LogP contribution in [0.5, 0.6) is 0 Å². The first-order chi connectivity index (χ1) is 5.27. The molecular formula is C7H9N3O. The molecule has 4 heteroatoms. The molecule has 0 aromatic carbocycles. The van der Waals surface area contributed by atoms with Gasteiger partial charge in [-0.2, -0.15) is 0 Å². The monoisotopic (exact) mass is 151 g/mol. The number of primary amides is 1. The van der Waals surface area contributed by atoms with E-state index in [-0.39, 0.29) is 0 Å². The van der Waals surface area contributed by atoms with Crippen molar-refractivity contribution in [1.29, 1.82) is 0 Å². The highest BCUT2D eigenvalue weighted by Gasteiger charge is 1.69. The molecule has 0 aliphatic rings. The predicted molar refractivity (Wildman–Crippen MR) is 41.4 cm³/mol. The van der Waals surface area contributed by atoms with E-state index < -0.39 is 5.91 Å². The van der Waals surface area contributed by atoms with Crippen LogP contribution < -0.4 is 5.73 Å². The SMILES string of the molecule is C=CC(N)=O.c1cncnc1. The van der Waals surface area contributed by atoms with Gasteiger partial charge in [-0.05, 0) is 12.1 Å². The van der Waals surface area contributed by atoms with Gasteiger partial charge in [-0.25, -0.2) is 9.97 Å². The molecule has 1 rings (SSSR count). The average Bonchev–Trinajstić information content (AvgIpc) is 2.09. The lowest BCUT2D eigenvalue weighted by Gasteiger charge is -1.70. The molecule has 1 aromatic heterocycles. The van der Waals surface area contributed by atoms with Crippen molar-refractivity contribution in [2.75, 3.05) is 0 Å². The van der Waals surface area contributed by atoms with E-state index in [0.717, 1.165) is 6.08 Å². The third-order valence-corrected chi connectivity index (χ3v) is 0.679. The molecule has 0 aliphatic carbocycles. The largest absolute Gasteiger partial charge is 0.366 e. The second kappa shape index (κ2) is 6.41. The van der Waals surface area contributed by atoms with Gasteiger partial charge in [0.25, 0.3) is 0 Å². The smallest absolute Gasteiger partial charge is 0.240 e. The summed E-state index contributed by atoms with van der Waals surface area (Å²) in [7, 11) is 0. The van der Waals surface area contributed by atoms with Crippen molar-refractivity contribution >= 4 is 5.91 Å². The maximum Gasteiger partial charge on any atom is 0.240 e. The second-order valence-corrected chi connectivity index (χ2v) is 1.51. The lowest BCUT2D eigenvalue weighted by Crippen LogP contribution is -2.04.